The molecule has 3 heteroatoms. The summed E-state index contributed by atoms with van der Waals surface area (Å²) in [6.07, 6.45) is 3.54. The molecule has 1 aromatic carbocycles. The largest absolute Gasteiger partial charge is 0.341 e. The minimum Gasteiger partial charge on any atom is -0.341 e. The summed E-state index contributed by atoms with van der Waals surface area (Å²) >= 11 is 0. The maximum absolute atomic E-state index is 12.4. The quantitative estimate of drug-likeness (QED) is 0.915. The smallest absolute Gasteiger partial charge is 0.239 e. The molecule has 1 aliphatic heterocycles. The molecule has 1 amide bonds. The Labute approximate surface area is 122 Å². The van der Waals surface area contributed by atoms with Crippen LogP contribution in [-0.2, 0) is 4.79 Å². The molecule has 2 atom stereocenters. The predicted octanol–water partition coefficient (Wildman–Crippen LogP) is 3.05. The molecule has 1 aromatic rings. The zero-order chi connectivity index (χ0) is 14.5. The zero-order valence-electron chi connectivity index (χ0n) is 12.9. The molecule has 0 radical (unpaired) electrons. The lowest BCUT2D eigenvalue weighted by Crippen LogP contribution is -2.47. The molecule has 0 spiro atoms. The Bertz CT molecular complexity index is 435. The normalized spacial score (nSPS) is 18.6. The molecule has 1 aliphatic rings. The highest BCUT2D eigenvalue weighted by Crippen LogP contribution is 2.15. The number of aryl methyl sites for hydroxylation is 1. The van der Waals surface area contributed by atoms with Crippen LogP contribution in [0.4, 0.5) is 0 Å². The van der Waals surface area contributed by atoms with Gasteiger partial charge < -0.3 is 4.90 Å². The predicted molar refractivity (Wildman–Crippen MR) is 82.6 cm³/mol. The van der Waals surface area contributed by atoms with Crippen LogP contribution in [0.25, 0.3) is 0 Å². The van der Waals surface area contributed by atoms with Crippen LogP contribution < -0.4 is 5.32 Å². The Morgan fingerprint density at radius 2 is 1.70 bits per heavy atom. The molecule has 0 saturated carbocycles. The first kappa shape index (κ1) is 15.0. The first-order chi connectivity index (χ1) is 9.58. The highest BCUT2D eigenvalue weighted by atomic mass is 16.2. The number of nitrogens with zero attached hydrogens (tertiary/aromatic N) is 1. The summed E-state index contributed by atoms with van der Waals surface area (Å²) in [6, 6.07) is 8.56. The van der Waals surface area contributed by atoms with Crippen molar-refractivity contribution in [3.63, 3.8) is 0 Å². The number of nitrogens with one attached hydrogen (secondary N) is 1. The highest BCUT2D eigenvalue weighted by Gasteiger charge is 2.23. The van der Waals surface area contributed by atoms with Crippen LogP contribution in [0.15, 0.2) is 24.3 Å². The second-order valence-corrected chi connectivity index (χ2v) is 5.91. The fraction of sp³-hybridized carbons (Fsp3) is 0.588. The molecule has 1 heterocycles. The van der Waals surface area contributed by atoms with Crippen molar-refractivity contribution in [2.75, 3.05) is 13.1 Å². The minimum atomic E-state index is -0.121. The van der Waals surface area contributed by atoms with E-state index in [0.29, 0.717) is 0 Å². The van der Waals surface area contributed by atoms with Crippen molar-refractivity contribution in [1.29, 1.82) is 0 Å². The van der Waals surface area contributed by atoms with Crippen LogP contribution in [-0.4, -0.2) is 29.9 Å². The third kappa shape index (κ3) is 3.83. The van der Waals surface area contributed by atoms with Crippen LogP contribution in [0, 0.1) is 6.92 Å². The summed E-state index contributed by atoms with van der Waals surface area (Å²) in [5.41, 5.74) is 2.49. The first-order valence-electron chi connectivity index (χ1n) is 7.69. The molecule has 2 rings (SSSR count). The van der Waals surface area contributed by atoms with E-state index in [1.807, 2.05) is 11.8 Å². The van der Waals surface area contributed by atoms with E-state index in [1.165, 1.54) is 17.5 Å². The zero-order valence-corrected chi connectivity index (χ0v) is 12.9. The van der Waals surface area contributed by atoms with E-state index in [1.54, 1.807) is 0 Å². The number of likely N-dealkylation sites (tertiary alicyclic amines) is 1. The van der Waals surface area contributed by atoms with Crippen LogP contribution >= 0.6 is 0 Å². The fourth-order valence-corrected chi connectivity index (χ4v) is 2.79. The van der Waals surface area contributed by atoms with Gasteiger partial charge in [0.05, 0.1) is 6.04 Å². The number of carbonyl (C=O) groups is 1. The van der Waals surface area contributed by atoms with E-state index < -0.39 is 0 Å². The number of rotatable bonds is 4. The molecule has 1 saturated heterocycles. The molecule has 1 fully saturated rings. The van der Waals surface area contributed by atoms with E-state index in [2.05, 4.69) is 43.4 Å². The van der Waals surface area contributed by atoms with Gasteiger partial charge in [0.1, 0.15) is 0 Å². The summed E-state index contributed by atoms with van der Waals surface area (Å²) < 4.78 is 0. The maximum atomic E-state index is 12.4. The molecule has 0 bridgehead atoms. The van der Waals surface area contributed by atoms with E-state index in [4.69, 9.17) is 0 Å². The maximum Gasteiger partial charge on any atom is 0.239 e. The minimum absolute atomic E-state index is 0.121. The molecule has 1 N–H and O–H groups in total. The van der Waals surface area contributed by atoms with Gasteiger partial charge in [0, 0.05) is 19.1 Å². The standard InChI is InChI=1S/C17H26N2O/c1-13-7-9-16(10-8-13)14(2)18-15(3)17(20)19-11-5-4-6-12-19/h7-10,14-15,18H,4-6,11-12H2,1-3H3/t14-,15?/m1/s1. The molecular formula is C17H26N2O. The third-order valence-electron chi connectivity index (χ3n) is 4.12. The van der Waals surface area contributed by atoms with Gasteiger partial charge in [-0.05, 0) is 45.6 Å². The average molecular weight is 274 g/mol. The van der Waals surface area contributed by atoms with E-state index in [0.717, 1.165) is 25.9 Å². The first-order valence-corrected chi connectivity index (χ1v) is 7.69. The van der Waals surface area contributed by atoms with Crippen molar-refractivity contribution in [3.05, 3.63) is 35.4 Å². The van der Waals surface area contributed by atoms with Gasteiger partial charge in [-0.3, -0.25) is 10.1 Å². The van der Waals surface area contributed by atoms with Crippen LogP contribution in [0.2, 0.25) is 0 Å². The molecule has 1 unspecified atom stereocenters. The van der Waals surface area contributed by atoms with E-state index in [-0.39, 0.29) is 18.0 Å². The SMILES string of the molecule is Cc1ccc([C@@H](C)NC(C)C(=O)N2CCCCC2)cc1. The number of piperidine rings is 1. The fourth-order valence-electron chi connectivity index (χ4n) is 2.79. The molecule has 20 heavy (non-hydrogen) atoms. The summed E-state index contributed by atoms with van der Waals surface area (Å²) in [5.74, 6) is 0.240. The Kier molecular flexibility index (Phi) is 5.18. The van der Waals surface area contributed by atoms with Gasteiger partial charge in [0.25, 0.3) is 0 Å². The summed E-state index contributed by atoms with van der Waals surface area (Å²) in [6.45, 7) is 8.02. The van der Waals surface area contributed by atoms with Gasteiger partial charge in [0.2, 0.25) is 5.91 Å². The van der Waals surface area contributed by atoms with Crippen LogP contribution in [0.3, 0.4) is 0 Å². The van der Waals surface area contributed by atoms with Gasteiger partial charge in [-0.15, -0.1) is 0 Å². The summed E-state index contributed by atoms with van der Waals surface area (Å²) in [7, 11) is 0. The Morgan fingerprint density at radius 1 is 1.10 bits per heavy atom. The van der Waals surface area contributed by atoms with Crippen molar-refractivity contribution in [2.45, 2.75) is 52.1 Å². The van der Waals surface area contributed by atoms with Gasteiger partial charge in [-0.1, -0.05) is 29.8 Å². The molecule has 0 aromatic heterocycles. The second kappa shape index (κ2) is 6.89. The molecule has 110 valence electrons. The van der Waals surface area contributed by atoms with Gasteiger partial charge in [-0.2, -0.15) is 0 Å². The van der Waals surface area contributed by atoms with Crippen molar-refractivity contribution in [2.24, 2.45) is 0 Å². The van der Waals surface area contributed by atoms with Crippen LogP contribution in [0.1, 0.15) is 50.3 Å². The number of hydrogen-bond donors (Lipinski definition) is 1. The van der Waals surface area contributed by atoms with Gasteiger partial charge in [0.15, 0.2) is 0 Å². The molecular weight excluding hydrogens is 248 g/mol. The van der Waals surface area contributed by atoms with Crippen molar-refractivity contribution >= 4 is 5.91 Å². The Morgan fingerprint density at radius 3 is 2.30 bits per heavy atom. The lowest BCUT2D eigenvalue weighted by atomic mass is 10.1. The Balaban J connectivity index is 1.91. The topological polar surface area (TPSA) is 32.3 Å². The second-order valence-electron chi connectivity index (χ2n) is 5.91. The lowest BCUT2D eigenvalue weighted by Gasteiger charge is -2.30. The third-order valence-corrected chi connectivity index (χ3v) is 4.12. The summed E-state index contributed by atoms with van der Waals surface area (Å²) in [4.78, 5) is 14.4. The monoisotopic (exact) mass is 274 g/mol. The Hall–Kier alpha value is -1.35. The molecule has 3 nitrogen and oxygen atoms in total. The van der Waals surface area contributed by atoms with Gasteiger partial charge in [-0.25, -0.2) is 0 Å². The van der Waals surface area contributed by atoms with Crippen LogP contribution in [0.5, 0.6) is 0 Å². The van der Waals surface area contributed by atoms with E-state index >= 15 is 0 Å². The van der Waals surface area contributed by atoms with Gasteiger partial charge >= 0.3 is 0 Å². The van der Waals surface area contributed by atoms with Crippen molar-refractivity contribution < 1.29 is 4.79 Å². The number of carbonyl (C=O) groups excluding carboxylic acids is 1. The number of benzene rings is 1. The molecule has 0 aliphatic carbocycles. The van der Waals surface area contributed by atoms with E-state index in [9.17, 15) is 4.79 Å². The van der Waals surface area contributed by atoms with Crippen molar-refractivity contribution in [3.8, 4) is 0 Å². The average Bonchev–Trinajstić information content (AvgIpc) is 2.48. The lowest BCUT2D eigenvalue weighted by molar-refractivity contribution is -0.134. The highest BCUT2D eigenvalue weighted by molar-refractivity contribution is 5.81. The number of hydrogen-bond acceptors (Lipinski definition) is 2. The number of amides is 1. The van der Waals surface area contributed by atoms with Crippen molar-refractivity contribution in [1.82, 2.24) is 10.2 Å². The summed E-state index contributed by atoms with van der Waals surface area (Å²) in [5, 5.41) is 3.42.